The summed E-state index contributed by atoms with van der Waals surface area (Å²) in [6, 6.07) is 9.71. The van der Waals surface area contributed by atoms with Crippen LogP contribution in [0.5, 0.6) is 11.5 Å². The number of phenols is 2. The van der Waals surface area contributed by atoms with Crippen LogP contribution in [0.25, 0.3) is 33.3 Å². The SMILES string of the molecule is CCc1cc(-c2[nH]nc(S)c2-c2ccc3c(c2)c2c(n3C)CCCC2)c(O)cc1O. The van der Waals surface area contributed by atoms with Crippen molar-refractivity contribution in [2.45, 2.75) is 44.1 Å². The number of hydrogen-bond acceptors (Lipinski definition) is 4. The third-order valence-electron chi connectivity index (χ3n) is 6.41. The number of H-pyrrole nitrogens is 1. The molecule has 30 heavy (non-hydrogen) atoms. The number of thiol groups is 1. The van der Waals surface area contributed by atoms with Gasteiger partial charge >= 0.3 is 0 Å². The number of nitrogens with one attached hydrogen (secondary N) is 1. The largest absolute Gasteiger partial charge is 0.508 e. The van der Waals surface area contributed by atoms with E-state index in [2.05, 4.69) is 52.6 Å². The second-order valence-corrected chi connectivity index (χ2v) is 8.50. The highest BCUT2D eigenvalue weighted by atomic mass is 32.1. The molecule has 0 saturated carbocycles. The lowest BCUT2D eigenvalue weighted by Gasteiger charge is -2.13. The van der Waals surface area contributed by atoms with Crippen molar-refractivity contribution in [3.8, 4) is 33.9 Å². The van der Waals surface area contributed by atoms with E-state index < -0.39 is 0 Å². The van der Waals surface area contributed by atoms with E-state index in [9.17, 15) is 10.2 Å². The Morgan fingerprint density at radius 3 is 2.70 bits per heavy atom. The molecule has 0 fully saturated rings. The Morgan fingerprint density at radius 2 is 1.90 bits per heavy atom. The van der Waals surface area contributed by atoms with E-state index in [1.54, 1.807) is 0 Å². The van der Waals surface area contributed by atoms with E-state index in [4.69, 9.17) is 0 Å². The number of phenolic OH excluding ortho intramolecular Hbond substituents is 2. The fourth-order valence-electron chi connectivity index (χ4n) is 4.83. The van der Waals surface area contributed by atoms with Crippen LogP contribution in [0.1, 0.15) is 36.6 Å². The summed E-state index contributed by atoms with van der Waals surface area (Å²) in [5.74, 6) is 0.115. The number of aromatic amines is 1. The lowest BCUT2D eigenvalue weighted by atomic mass is 9.93. The molecule has 2 heterocycles. The minimum atomic E-state index is 0.0149. The minimum Gasteiger partial charge on any atom is -0.508 e. The molecule has 5 nitrogen and oxygen atoms in total. The first-order chi connectivity index (χ1) is 14.5. The van der Waals surface area contributed by atoms with E-state index >= 15 is 0 Å². The van der Waals surface area contributed by atoms with Gasteiger partial charge in [0, 0.05) is 40.8 Å². The zero-order chi connectivity index (χ0) is 21.0. The first-order valence-electron chi connectivity index (χ1n) is 10.4. The standard InChI is InChI=1S/C24H25N3O2S/c1-3-13-10-17(21(29)12-20(13)28)23-22(24(30)26-25-23)14-8-9-19-16(11-14)15-6-4-5-7-18(15)27(19)2/h8-12,28-29H,3-7H2,1-2H3,(H2,25,26,30). The number of nitrogens with zero attached hydrogens (tertiary/aromatic N) is 2. The number of fused-ring (bicyclic) bond motifs is 3. The van der Waals surface area contributed by atoms with Crippen LogP contribution in [0, 0.1) is 0 Å². The summed E-state index contributed by atoms with van der Waals surface area (Å²) < 4.78 is 2.32. The molecule has 0 aliphatic heterocycles. The normalized spacial score (nSPS) is 13.7. The number of benzene rings is 2. The predicted molar refractivity (Wildman–Crippen MR) is 123 cm³/mol. The van der Waals surface area contributed by atoms with E-state index in [1.165, 1.54) is 41.1 Å². The summed E-state index contributed by atoms with van der Waals surface area (Å²) in [5.41, 5.74) is 8.10. The van der Waals surface area contributed by atoms with Crippen molar-refractivity contribution < 1.29 is 10.2 Å². The molecule has 5 rings (SSSR count). The molecule has 0 saturated heterocycles. The van der Waals surface area contributed by atoms with Gasteiger partial charge in [-0.1, -0.05) is 13.0 Å². The quantitative estimate of drug-likeness (QED) is 0.337. The van der Waals surface area contributed by atoms with Crippen LogP contribution in [0.2, 0.25) is 0 Å². The van der Waals surface area contributed by atoms with E-state index in [-0.39, 0.29) is 11.5 Å². The first kappa shape index (κ1) is 19.1. The molecule has 3 N–H and O–H groups in total. The molecule has 0 radical (unpaired) electrons. The van der Waals surface area contributed by atoms with Gasteiger partial charge in [-0.05, 0) is 67.0 Å². The number of hydrogen-bond donors (Lipinski definition) is 4. The third kappa shape index (κ3) is 2.82. The maximum Gasteiger partial charge on any atom is 0.128 e. The van der Waals surface area contributed by atoms with Crippen LogP contribution in [0.15, 0.2) is 35.4 Å². The lowest BCUT2D eigenvalue weighted by molar-refractivity contribution is 0.447. The Labute approximate surface area is 180 Å². The topological polar surface area (TPSA) is 74.1 Å². The van der Waals surface area contributed by atoms with Crippen molar-refractivity contribution in [3.05, 3.63) is 47.2 Å². The van der Waals surface area contributed by atoms with Gasteiger partial charge in [-0.3, -0.25) is 5.10 Å². The average molecular weight is 420 g/mol. The number of rotatable bonds is 3. The molecule has 2 aromatic carbocycles. The van der Waals surface area contributed by atoms with Crippen molar-refractivity contribution in [1.29, 1.82) is 0 Å². The van der Waals surface area contributed by atoms with E-state index in [1.807, 2.05) is 13.0 Å². The molecule has 1 aliphatic rings. The average Bonchev–Trinajstić information content (AvgIpc) is 3.26. The second-order valence-electron chi connectivity index (χ2n) is 8.07. The molecule has 2 aromatic heterocycles. The monoisotopic (exact) mass is 419 g/mol. The van der Waals surface area contributed by atoms with Crippen LogP contribution in [0.4, 0.5) is 0 Å². The van der Waals surface area contributed by atoms with Crippen molar-refractivity contribution in [1.82, 2.24) is 14.8 Å². The van der Waals surface area contributed by atoms with E-state index in [0.29, 0.717) is 22.7 Å². The van der Waals surface area contributed by atoms with Gasteiger partial charge in [0.2, 0.25) is 0 Å². The molecule has 1 aliphatic carbocycles. The van der Waals surface area contributed by atoms with Gasteiger partial charge < -0.3 is 14.8 Å². The van der Waals surface area contributed by atoms with Gasteiger partial charge in [0.15, 0.2) is 0 Å². The van der Waals surface area contributed by atoms with Gasteiger partial charge in [-0.15, -0.1) is 12.6 Å². The number of aromatic nitrogens is 3. The molecule has 0 bridgehead atoms. The number of aromatic hydroxyl groups is 2. The van der Waals surface area contributed by atoms with Gasteiger partial charge in [-0.25, -0.2) is 0 Å². The van der Waals surface area contributed by atoms with Gasteiger partial charge in [0.05, 0.1) is 5.69 Å². The van der Waals surface area contributed by atoms with Crippen LogP contribution in [-0.2, 0) is 26.3 Å². The summed E-state index contributed by atoms with van der Waals surface area (Å²) in [7, 11) is 2.15. The molecule has 4 aromatic rings. The maximum atomic E-state index is 10.5. The van der Waals surface area contributed by atoms with Crippen molar-refractivity contribution in [3.63, 3.8) is 0 Å². The predicted octanol–water partition coefficient (Wildman–Crippen LogP) is 5.38. The summed E-state index contributed by atoms with van der Waals surface area (Å²) in [5, 5.41) is 29.9. The van der Waals surface area contributed by atoms with Crippen molar-refractivity contribution >= 4 is 23.5 Å². The molecule has 0 unspecified atom stereocenters. The van der Waals surface area contributed by atoms with E-state index in [0.717, 1.165) is 29.5 Å². The molecule has 6 heteroatoms. The zero-order valence-corrected chi connectivity index (χ0v) is 18.1. The first-order valence-corrected chi connectivity index (χ1v) is 10.9. The lowest BCUT2D eigenvalue weighted by Crippen LogP contribution is -2.04. The molecular weight excluding hydrogens is 394 g/mol. The van der Waals surface area contributed by atoms with Crippen LogP contribution in [-0.4, -0.2) is 25.0 Å². The minimum absolute atomic E-state index is 0.0149. The number of aryl methyl sites for hydroxylation is 3. The van der Waals surface area contributed by atoms with Gasteiger partial charge in [0.1, 0.15) is 16.5 Å². The van der Waals surface area contributed by atoms with Crippen LogP contribution >= 0.6 is 12.6 Å². The van der Waals surface area contributed by atoms with Crippen LogP contribution < -0.4 is 0 Å². The summed E-state index contributed by atoms with van der Waals surface area (Å²) in [6.07, 6.45) is 5.38. The molecule has 154 valence electrons. The Bertz CT molecular complexity index is 1290. The second kappa shape index (κ2) is 7.13. The van der Waals surface area contributed by atoms with Crippen LogP contribution in [0.3, 0.4) is 0 Å². The molecular formula is C24H25N3O2S. The highest BCUT2D eigenvalue weighted by Gasteiger charge is 2.22. The van der Waals surface area contributed by atoms with Crippen molar-refractivity contribution in [2.75, 3.05) is 0 Å². The maximum absolute atomic E-state index is 10.5. The molecule has 0 spiro atoms. The Balaban J connectivity index is 1.72. The summed E-state index contributed by atoms with van der Waals surface area (Å²) in [6.45, 7) is 1.97. The molecule has 0 amide bonds. The van der Waals surface area contributed by atoms with Gasteiger partial charge in [0.25, 0.3) is 0 Å². The summed E-state index contributed by atoms with van der Waals surface area (Å²) >= 11 is 4.60. The fraction of sp³-hybridized carbons (Fsp3) is 0.292. The Morgan fingerprint density at radius 1 is 1.10 bits per heavy atom. The Kier molecular flexibility index (Phi) is 4.54. The smallest absolute Gasteiger partial charge is 0.128 e. The fourth-order valence-corrected chi connectivity index (χ4v) is 5.12. The highest BCUT2D eigenvalue weighted by Crippen LogP contribution is 2.42. The zero-order valence-electron chi connectivity index (χ0n) is 17.2. The highest BCUT2D eigenvalue weighted by molar-refractivity contribution is 7.80. The summed E-state index contributed by atoms with van der Waals surface area (Å²) in [4.78, 5) is 0. The Hall–Kier alpha value is -2.86. The van der Waals surface area contributed by atoms with Crippen molar-refractivity contribution in [2.24, 2.45) is 7.05 Å². The third-order valence-corrected chi connectivity index (χ3v) is 6.73. The molecule has 0 atom stereocenters. The van der Waals surface area contributed by atoms with Gasteiger partial charge in [-0.2, -0.15) is 5.10 Å².